The number of hydrogen-bond acceptors (Lipinski definition) is 7. The number of aromatic hydroxyl groups is 1. The summed E-state index contributed by atoms with van der Waals surface area (Å²) in [5, 5.41) is 11.4. The quantitative estimate of drug-likeness (QED) is 0.755. The predicted octanol–water partition coefficient (Wildman–Crippen LogP) is 0.945. The van der Waals surface area contributed by atoms with Gasteiger partial charge < -0.3 is 20.5 Å². The van der Waals surface area contributed by atoms with E-state index in [1.54, 1.807) is 12.1 Å². The Hall–Kier alpha value is -1.87. The van der Waals surface area contributed by atoms with Gasteiger partial charge in [0.15, 0.2) is 5.60 Å². The van der Waals surface area contributed by atoms with Crippen molar-refractivity contribution in [2.45, 2.75) is 37.3 Å². The molecule has 0 aromatic heterocycles. The number of hydroxylamine groups is 2. The molecule has 160 valence electrons. The number of rotatable bonds is 5. The predicted molar refractivity (Wildman–Crippen MR) is 110 cm³/mol. The van der Waals surface area contributed by atoms with Crippen LogP contribution in [0.5, 0.6) is 5.75 Å². The van der Waals surface area contributed by atoms with Gasteiger partial charge in [0, 0.05) is 77.1 Å². The Bertz CT molecular complexity index is 676. The number of phenols is 1. The van der Waals surface area contributed by atoms with E-state index in [4.69, 9.17) is 15.3 Å². The van der Waals surface area contributed by atoms with Crippen molar-refractivity contribution in [2.24, 2.45) is 5.73 Å². The molecule has 0 aliphatic carbocycles. The van der Waals surface area contributed by atoms with Crippen molar-refractivity contribution in [2.75, 3.05) is 57.4 Å². The maximum atomic E-state index is 12.0. The van der Waals surface area contributed by atoms with E-state index in [-0.39, 0.29) is 5.91 Å². The van der Waals surface area contributed by atoms with Crippen molar-refractivity contribution < 1.29 is 19.5 Å². The number of nitrogens with zero attached hydrogens (tertiary/aromatic N) is 3. The molecule has 0 unspecified atom stereocenters. The number of carbonyl (C=O) groups excluding carboxylic acids is 1. The number of primary amides is 1. The van der Waals surface area contributed by atoms with E-state index in [0.29, 0.717) is 37.8 Å². The minimum absolute atomic E-state index is 0.306. The maximum absolute atomic E-state index is 12.0. The molecule has 0 radical (unpaired) electrons. The smallest absolute Gasteiger partial charge is 0.252 e. The van der Waals surface area contributed by atoms with Gasteiger partial charge in [0.05, 0.1) is 0 Å². The van der Waals surface area contributed by atoms with Gasteiger partial charge in [0.1, 0.15) is 5.75 Å². The molecule has 8 heteroatoms. The Balaban J connectivity index is 1.25. The Kier molecular flexibility index (Phi) is 6.24. The number of piperidine rings is 1. The van der Waals surface area contributed by atoms with Crippen LogP contribution >= 0.6 is 0 Å². The molecule has 3 heterocycles. The summed E-state index contributed by atoms with van der Waals surface area (Å²) in [7, 11) is 0. The van der Waals surface area contributed by atoms with Gasteiger partial charge in [-0.25, -0.2) is 0 Å². The first-order valence-electron chi connectivity index (χ1n) is 10.7. The van der Waals surface area contributed by atoms with Gasteiger partial charge in [-0.05, 0) is 37.1 Å². The van der Waals surface area contributed by atoms with E-state index in [0.717, 1.165) is 52.1 Å². The highest BCUT2D eigenvalue weighted by Crippen LogP contribution is 2.29. The number of ether oxygens (including phenoxy) is 1. The average Bonchev–Trinajstić information content (AvgIpc) is 2.76. The summed E-state index contributed by atoms with van der Waals surface area (Å²) in [6, 6.07) is 8.00. The molecule has 4 rings (SSSR count). The molecular formula is C21H32N4O4. The van der Waals surface area contributed by atoms with Crippen molar-refractivity contribution in [1.29, 1.82) is 0 Å². The lowest BCUT2D eigenvalue weighted by atomic mass is 9.93. The van der Waals surface area contributed by atoms with Gasteiger partial charge >= 0.3 is 0 Å². The van der Waals surface area contributed by atoms with Gasteiger partial charge in [-0.2, -0.15) is 5.06 Å². The summed E-state index contributed by atoms with van der Waals surface area (Å²) in [6.07, 6.45) is 3.12. The third-order valence-corrected chi connectivity index (χ3v) is 6.52. The molecule has 3 N–H and O–H groups in total. The summed E-state index contributed by atoms with van der Waals surface area (Å²) >= 11 is 0. The first kappa shape index (κ1) is 20.4. The number of nitrogens with two attached hydrogens (primary N) is 1. The standard InChI is InChI=1S/C21H32N4O4/c22-20(27)21(7-15-28-16-8-21)29-25-9-5-18(6-10-25)24-13-11-23(12-14-24)17-1-3-19(26)4-2-17/h1-4,18,26H,5-16H2,(H2,22,27). The molecule has 3 aliphatic rings. The van der Waals surface area contributed by atoms with Crippen LogP contribution in [0.2, 0.25) is 0 Å². The molecule has 0 atom stereocenters. The third kappa shape index (κ3) is 4.66. The first-order valence-corrected chi connectivity index (χ1v) is 10.7. The molecule has 1 amide bonds. The molecule has 3 fully saturated rings. The van der Waals surface area contributed by atoms with Crippen LogP contribution < -0.4 is 10.6 Å². The van der Waals surface area contributed by atoms with Crippen LogP contribution in [0.25, 0.3) is 0 Å². The number of amides is 1. The summed E-state index contributed by atoms with van der Waals surface area (Å²) in [5.74, 6) is -0.0755. The van der Waals surface area contributed by atoms with E-state index >= 15 is 0 Å². The zero-order valence-electron chi connectivity index (χ0n) is 17.0. The number of piperazine rings is 1. The second-order valence-electron chi connectivity index (χ2n) is 8.26. The lowest BCUT2D eigenvalue weighted by molar-refractivity contribution is -0.265. The molecule has 29 heavy (non-hydrogen) atoms. The molecule has 1 aromatic carbocycles. The van der Waals surface area contributed by atoms with Crippen LogP contribution in [0, 0.1) is 0 Å². The molecular weight excluding hydrogens is 372 g/mol. The van der Waals surface area contributed by atoms with Gasteiger partial charge in [0.25, 0.3) is 5.91 Å². The fourth-order valence-electron chi connectivity index (χ4n) is 4.64. The number of phenolic OH excluding ortho intramolecular Hbond substituents is 1. The highest BCUT2D eigenvalue weighted by molar-refractivity contribution is 5.83. The highest BCUT2D eigenvalue weighted by Gasteiger charge is 2.42. The number of hydrogen-bond donors (Lipinski definition) is 2. The van der Waals surface area contributed by atoms with Crippen LogP contribution in [0.3, 0.4) is 0 Å². The fourth-order valence-corrected chi connectivity index (χ4v) is 4.64. The molecule has 0 spiro atoms. The van der Waals surface area contributed by atoms with Crippen LogP contribution in [0.15, 0.2) is 24.3 Å². The van der Waals surface area contributed by atoms with Gasteiger partial charge in [-0.15, -0.1) is 0 Å². The Morgan fingerprint density at radius 2 is 1.66 bits per heavy atom. The topological polar surface area (TPSA) is 91.5 Å². The number of anilines is 1. The highest BCUT2D eigenvalue weighted by atomic mass is 16.7. The number of carbonyl (C=O) groups is 1. The summed E-state index contributed by atoms with van der Waals surface area (Å²) in [5.41, 5.74) is 5.92. The normalized spacial score (nSPS) is 24.5. The average molecular weight is 405 g/mol. The SMILES string of the molecule is NC(=O)C1(ON2CCC(N3CCN(c4ccc(O)cc4)CC3)CC2)CCOCC1. The lowest BCUT2D eigenvalue weighted by Crippen LogP contribution is -2.57. The van der Waals surface area contributed by atoms with E-state index in [9.17, 15) is 9.90 Å². The van der Waals surface area contributed by atoms with Gasteiger partial charge in [-0.3, -0.25) is 14.5 Å². The maximum Gasteiger partial charge on any atom is 0.252 e. The monoisotopic (exact) mass is 404 g/mol. The molecule has 3 aliphatic heterocycles. The van der Waals surface area contributed by atoms with E-state index in [2.05, 4.69) is 9.80 Å². The van der Waals surface area contributed by atoms with Gasteiger partial charge in [-0.1, -0.05) is 0 Å². The van der Waals surface area contributed by atoms with Gasteiger partial charge in [0.2, 0.25) is 0 Å². The lowest BCUT2D eigenvalue weighted by Gasteiger charge is -2.45. The zero-order chi connectivity index (χ0) is 20.3. The molecule has 1 aromatic rings. The fraction of sp³-hybridized carbons (Fsp3) is 0.667. The second-order valence-corrected chi connectivity index (χ2v) is 8.26. The summed E-state index contributed by atoms with van der Waals surface area (Å²) < 4.78 is 5.38. The van der Waals surface area contributed by atoms with Crippen molar-refractivity contribution in [3.63, 3.8) is 0 Å². The number of benzene rings is 1. The molecule has 3 saturated heterocycles. The minimum Gasteiger partial charge on any atom is -0.508 e. The van der Waals surface area contributed by atoms with Crippen LogP contribution in [0.4, 0.5) is 5.69 Å². The summed E-state index contributed by atoms with van der Waals surface area (Å²) in [4.78, 5) is 23.1. The van der Waals surface area contributed by atoms with Crippen molar-refractivity contribution in [3.8, 4) is 5.75 Å². The minimum atomic E-state index is -0.902. The van der Waals surface area contributed by atoms with Crippen molar-refractivity contribution >= 4 is 11.6 Å². The Morgan fingerprint density at radius 1 is 1.03 bits per heavy atom. The van der Waals surface area contributed by atoms with E-state index in [1.165, 1.54) is 5.69 Å². The largest absolute Gasteiger partial charge is 0.508 e. The van der Waals surface area contributed by atoms with Crippen LogP contribution in [-0.2, 0) is 14.4 Å². The third-order valence-electron chi connectivity index (χ3n) is 6.52. The van der Waals surface area contributed by atoms with E-state index in [1.807, 2.05) is 17.2 Å². The zero-order valence-corrected chi connectivity index (χ0v) is 17.0. The second kappa shape index (κ2) is 8.87. The molecule has 0 bridgehead atoms. The van der Waals surface area contributed by atoms with E-state index < -0.39 is 5.60 Å². The van der Waals surface area contributed by atoms with Crippen LogP contribution in [-0.4, -0.2) is 85.1 Å². The Morgan fingerprint density at radius 3 is 2.24 bits per heavy atom. The first-order chi connectivity index (χ1) is 14.1. The molecule has 8 nitrogen and oxygen atoms in total. The Labute approximate surface area is 172 Å². The summed E-state index contributed by atoms with van der Waals surface area (Å²) in [6.45, 7) is 6.73. The van der Waals surface area contributed by atoms with Crippen molar-refractivity contribution in [3.05, 3.63) is 24.3 Å². The molecule has 0 saturated carbocycles. The van der Waals surface area contributed by atoms with Crippen LogP contribution in [0.1, 0.15) is 25.7 Å². The van der Waals surface area contributed by atoms with Crippen molar-refractivity contribution in [1.82, 2.24) is 9.96 Å².